The van der Waals surface area contributed by atoms with Crippen molar-refractivity contribution in [3.8, 4) is 5.75 Å². The van der Waals surface area contributed by atoms with Gasteiger partial charge in [0.2, 0.25) is 0 Å². The summed E-state index contributed by atoms with van der Waals surface area (Å²) in [7, 11) is 0. The fourth-order valence-corrected chi connectivity index (χ4v) is 1.45. The van der Waals surface area contributed by atoms with Crippen LogP contribution in [0.3, 0.4) is 0 Å². The average molecular weight is 218 g/mol. The molecule has 0 atom stereocenters. The molecule has 0 aliphatic heterocycles. The average Bonchev–Trinajstić information content (AvgIpc) is 2.26. The van der Waals surface area contributed by atoms with Gasteiger partial charge in [-0.25, -0.2) is 0 Å². The summed E-state index contributed by atoms with van der Waals surface area (Å²) < 4.78 is 5.59. The number of aryl methyl sites for hydroxylation is 1. The molecule has 1 rings (SSSR count). The minimum absolute atomic E-state index is 0.0439. The lowest BCUT2D eigenvalue weighted by atomic mass is 10.1. The molecule has 0 aliphatic rings. The van der Waals surface area contributed by atoms with Crippen LogP contribution >= 0.6 is 0 Å². The third-order valence-corrected chi connectivity index (χ3v) is 2.32. The van der Waals surface area contributed by atoms with Crippen LogP contribution in [-0.2, 0) is 0 Å². The molecule has 0 radical (unpaired) electrons. The van der Waals surface area contributed by atoms with Crippen LogP contribution in [0.2, 0.25) is 0 Å². The summed E-state index contributed by atoms with van der Waals surface area (Å²) in [6.07, 6.45) is 3.72. The summed E-state index contributed by atoms with van der Waals surface area (Å²) in [5, 5.41) is 0. The first-order valence-electron chi connectivity index (χ1n) is 5.50. The van der Waals surface area contributed by atoms with Crippen molar-refractivity contribution < 1.29 is 9.53 Å². The van der Waals surface area contributed by atoms with Crippen LogP contribution in [-0.4, -0.2) is 12.4 Å². The summed E-state index contributed by atoms with van der Waals surface area (Å²) in [5.41, 5.74) is 1.74. The van der Waals surface area contributed by atoms with E-state index >= 15 is 0 Å². The van der Waals surface area contributed by atoms with Gasteiger partial charge in [0.25, 0.3) is 0 Å². The number of allylic oxidation sites excluding steroid dienone is 1. The highest BCUT2D eigenvalue weighted by atomic mass is 16.5. The second kappa shape index (κ2) is 6.11. The van der Waals surface area contributed by atoms with Gasteiger partial charge < -0.3 is 4.74 Å². The SMILES string of the molecule is C=CCCCOc1ccc(C)cc1C(C)=O. The van der Waals surface area contributed by atoms with Gasteiger partial charge in [-0.05, 0) is 38.8 Å². The van der Waals surface area contributed by atoms with Crippen LogP contribution < -0.4 is 4.74 Å². The number of rotatable bonds is 6. The summed E-state index contributed by atoms with van der Waals surface area (Å²) in [6.45, 7) is 7.80. The summed E-state index contributed by atoms with van der Waals surface area (Å²) >= 11 is 0. The molecule has 2 nitrogen and oxygen atoms in total. The lowest BCUT2D eigenvalue weighted by Crippen LogP contribution is -2.03. The lowest BCUT2D eigenvalue weighted by molar-refractivity contribution is 0.101. The van der Waals surface area contributed by atoms with Crippen LogP contribution in [0.4, 0.5) is 0 Å². The van der Waals surface area contributed by atoms with Crippen molar-refractivity contribution in [2.75, 3.05) is 6.61 Å². The number of unbranched alkanes of at least 4 members (excludes halogenated alkanes) is 1. The number of hydrogen-bond acceptors (Lipinski definition) is 2. The molecular formula is C14H18O2. The maximum atomic E-state index is 11.4. The lowest BCUT2D eigenvalue weighted by Gasteiger charge is -2.09. The van der Waals surface area contributed by atoms with Gasteiger partial charge in [0.15, 0.2) is 5.78 Å². The maximum absolute atomic E-state index is 11.4. The molecule has 0 aliphatic carbocycles. The Labute approximate surface area is 96.9 Å². The predicted octanol–water partition coefficient (Wildman–Crippen LogP) is 3.54. The Bertz CT molecular complexity index is 380. The summed E-state index contributed by atoms with van der Waals surface area (Å²) in [5.74, 6) is 0.726. The molecule has 0 fully saturated rings. The Morgan fingerprint density at radius 1 is 1.50 bits per heavy atom. The van der Waals surface area contributed by atoms with Crippen molar-refractivity contribution >= 4 is 5.78 Å². The van der Waals surface area contributed by atoms with E-state index in [9.17, 15) is 4.79 Å². The van der Waals surface area contributed by atoms with Gasteiger partial charge in [-0.2, -0.15) is 0 Å². The third kappa shape index (κ3) is 3.54. The topological polar surface area (TPSA) is 26.3 Å². The van der Waals surface area contributed by atoms with Gasteiger partial charge in [-0.15, -0.1) is 6.58 Å². The number of carbonyl (C=O) groups excluding carboxylic acids is 1. The zero-order chi connectivity index (χ0) is 12.0. The van der Waals surface area contributed by atoms with E-state index in [0.717, 1.165) is 18.4 Å². The Balaban J connectivity index is 2.71. The van der Waals surface area contributed by atoms with E-state index in [2.05, 4.69) is 6.58 Å². The van der Waals surface area contributed by atoms with Crippen molar-refractivity contribution in [2.24, 2.45) is 0 Å². The number of hydrogen-bond donors (Lipinski definition) is 0. The predicted molar refractivity (Wildman–Crippen MR) is 66.1 cm³/mol. The van der Waals surface area contributed by atoms with E-state index in [4.69, 9.17) is 4.74 Å². The van der Waals surface area contributed by atoms with Crippen LogP contribution in [0.5, 0.6) is 5.75 Å². The van der Waals surface area contributed by atoms with E-state index in [1.807, 2.05) is 31.2 Å². The molecule has 0 spiro atoms. The second-order valence-corrected chi connectivity index (χ2v) is 3.84. The zero-order valence-electron chi connectivity index (χ0n) is 9.95. The molecule has 86 valence electrons. The Kier molecular flexibility index (Phi) is 4.77. The highest BCUT2D eigenvalue weighted by molar-refractivity contribution is 5.97. The minimum atomic E-state index is 0.0439. The van der Waals surface area contributed by atoms with E-state index in [1.165, 1.54) is 0 Å². The third-order valence-electron chi connectivity index (χ3n) is 2.32. The molecule has 0 aromatic heterocycles. The molecule has 0 amide bonds. The standard InChI is InChI=1S/C14H18O2/c1-4-5-6-9-16-14-8-7-11(2)10-13(14)12(3)15/h4,7-8,10H,1,5-6,9H2,2-3H3. The van der Waals surface area contributed by atoms with Crippen LogP contribution in [0.15, 0.2) is 30.9 Å². The first kappa shape index (κ1) is 12.5. The molecule has 1 aromatic rings. The fourth-order valence-electron chi connectivity index (χ4n) is 1.45. The maximum Gasteiger partial charge on any atom is 0.163 e. The zero-order valence-corrected chi connectivity index (χ0v) is 9.95. The van der Waals surface area contributed by atoms with Gasteiger partial charge in [0.1, 0.15) is 5.75 Å². The molecule has 0 heterocycles. The number of ketones is 1. The molecule has 0 saturated heterocycles. The minimum Gasteiger partial charge on any atom is -0.493 e. The van der Waals surface area contributed by atoms with Gasteiger partial charge in [0, 0.05) is 0 Å². The summed E-state index contributed by atoms with van der Waals surface area (Å²) in [4.78, 5) is 11.4. The van der Waals surface area contributed by atoms with Crippen LogP contribution in [0.1, 0.15) is 35.7 Å². The van der Waals surface area contributed by atoms with Crippen LogP contribution in [0.25, 0.3) is 0 Å². The van der Waals surface area contributed by atoms with Crippen molar-refractivity contribution in [2.45, 2.75) is 26.7 Å². The normalized spacial score (nSPS) is 9.88. The smallest absolute Gasteiger partial charge is 0.163 e. The first-order valence-corrected chi connectivity index (χ1v) is 5.50. The largest absolute Gasteiger partial charge is 0.493 e. The highest BCUT2D eigenvalue weighted by Gasteiger charge is 2.08. The quantitative estimate of drug-likeness (QED) is 0.414. The first-order chi connectivity index (χ1) is 7.65. The number of carbonyl (C=O) groups is 1. The number of benzene rings is 1. The van der Waals surface area contributed by atoms with Gasteiger partial charge >= 0.3 is 0 Å². The van der Waals surface area contributed by atoms with Gasteiger partial charge in [-0.1, -0.05) is 17.7 Å². The van der Waals surface area contributed by atoms with E-state index in [1.54, 1.807) is 6.92 Å². The van der Waals surface area contributed by atoms with Crippen molar-refractivity contribution in [1.82, 2.24) is 0 Å². The summed E-state index contributed by atoms with van der Waals surface area (Å²) in [6, 6.07) is 5.68. The van der Waals surface area contributed by atoms with Crippen LogP contribution in [0, 0.1) is 6.92 Å². The van der Waals surface area contributed by atoms with Crippen molar-refractivity contribution in [1.29, 1.82) is 0 Å². The molecule has 16 heavy (non-hydrogen) atoms. The monoisotopic (exact) mass is 218 g/mol. The molecule has 0 saturated carbocycles. The molecule has 0 unspecified atom stereocenters. The van der Waals surface area contributed by atoms with E-state index in [-0.39, 0.29) is 5.78 Å². The fraction of sp³-hybridized carbons (Fsp3) is 0.357. The highest BCUT2D eigenvalue weighted by Crippen LogP contribution is 2.20. The molecule has 1 aromatic carbocycles. The van der Waals surface area contributed by atoms with Crippen molar-refractivity contribution in [3.05, 3.63) is 42.0 Å². The number of ether oxygens (including phenoxy) is 1. The van der Waals surface area contributed by atoms with E-state index < -0.39 is 0 Å². The Morgan fingerprint density at radius 2 is 2.25 bits per heavy atom. The molecular weight excluding hydrogens is 200 g/mol. The molecule has 0 N–H and O–H groups in total. The van der Waals surface area contributed by atoms with Gasteiger partial charge in [0.05, 0.1) is 12.2 Å². The van der Waals surface area contributed by atoms with Crippen molar-refractivity contribution in [3.63, 3.8) is 0 Å². The number of Topliss-reactive ketones (excluding diaryl/α,β-unsaturated/α-hetero) is 1. The second-order valence-electron chi connectivity index (χ2n) is 3.84. The molecule has 2 heteroatoms. The Hall–Kier alpha value is -1.57. The van der Waals surface area contributed by atoms with Gasteiger partial charge in [-0.3, -0.25) is 4.79 Å². The molecule has 0 bridgehead atoms. The van der Waals surface area contributed by atoms with E-state index in [0.29, 0.717) is 17.9 Å². The Morgan fingerprint density at radius 3 is 2.88 bits per heavy atom.